The largest absolute Gasteiger partial charge is 0.479 e. The van der Waals surface area contributed by atoms with Gasteiger partial charge in [-0.25, -0.2) is 14.6 Å². The van der Waals surface area contributed by atoms with Crippen LogP contribution in [0.3, 0.4) is 0 Å². The molecule has 0 aromatic rings. The minimum Gasteiger partial charge on any atom is -0.479 e. The van der Waals surface area contributed by atoms with E-state index in [1.807, 2.05) is 0 Å². The number of rotatable bonds is 13. The lowest BCUT2D eigenvalue weighted by atomic mass is 10.0. The van der Waals surface area contributed by atoms with Gasteiger partial charge in [-0.05, 0) is 0 Å². The molecule has 274 valence electrons. The third kappa shape index (κ3) is 9.07. The number of ether oxygens (including phenoxy) is 7. The highest BCUT2D eigenvalue weighted by Crippen LogP contribution is 2.29. The topological polar surface area (TPSA) is 343 Å². The molecule has 4 aliphatic rings. The summed E-state index contributed by atoms with van der Waals surface area (Å²) in [6.45, 7) is -2.59. The minimum atomic E-state index is -2.33. The summed E-state index contributed by atoms with van der Waals surface area (Å²) in [5.74, 6) is -1.80. The molecule has 0 radical (unpaired) electrons. The normalized spacial score (nSPS) is 45.2. The van der Waals surface area contributed by atoms with Crippen molar-refractivity contribution in [1.29, 1.82) is 0 Å². The summed E-state index contributed by atoms with van der Waals surface area (Å²) in [4.78, 5) is 20.4. The first-order valence-corrected chi connectivity index (χ1v) is 14.6. The van der Waals surface area contributed by atoms with Crippen molar-refractivity contribution in [2.45, 2.75) is 110 Å². The molecule has 4 saturated heterocycles. The lowest BCUT2D eigenvalue weighted by Gasteiger charge is -2.44. The molecule has 47 heavy (non-hydrogen) atoms. The molecule has 18 atom stereocenters. The van der Waals surface area contributed by atoms with Gasteiger partial charge < -0.3 is 94.4 Å². The number of hydrogen-bond donors (Lipinski definition) is 12. The van der Waals surface area contributed by atoms with Crippen LogP contribution in [0.15, 0.2) is 0 Å². The monoisotopic (exact) mass is 694 g/mol. The molecule has 0 spiro atoms. The van der Waals surface area contributed by atoms with Crippen molar-refractivity contribution in [2.24, 2.45) is 0 Å². The summed E-state index contributed by atoms with van der Waals surface area (Å²) in [5, 5.41) is 120. The Balaban J connectivity index is 1.23. The predicted molar refractivity (Wildman–Crippen MR) is 139 cm³/mol. The van der Waals surface area contributed by atoms with E-state index in [9.17, 15) is 61.0 Å². The number of aliphatic hydroxyl groups excluding tert-OH is 11. The molecule has 4 rings (SSSR count). The van der Waals surface area contributed by atoms with Crippen molar-refractivity contribution in [3.8, 4) is 0 Å². The summed E-state index contributed by atoms with van der Waals surface area (Å²) >= 11 is 0. The lowest BCUT2D eigenvalue weighted by Crippen LogP contribution is -2.62. The molecule has 0 saturated carbocycles. The van der Waals surface area contributed by atoms with Gasteiger partial charge in [0.15, 0.2) is 25.0 Å². The molecule has 0 aromatic heterocycles. The molecular weight excluding hydrogens is 652 g/mol. The van der Waals surface area contributed by atoms with Crippen molar-refractivity contribution in [2.75, 3.05) is 39.6 Å². The molecular formula is C25H42O22. The van der Waals surface area contributed by atoms with Crippen LogP contribution in [-0.4, -0.2) is 217 Å². The molecule has 4 fully saturated rings. The van der Waals surface area contributed by atoms with E-state index < -0.39 is 136 Å². The second kappa shape index (κ2) is 17.1. The van der Waals surface area contributed by atoms with E-state index in [0.29, 0.717) is 0 Å². The molecule has 4 aliphatic heterocycles. The Hall–Kier alpha value is -1.33. The average molecular weight is 695 g/mol. The predicted octanol–water partition coefficient (Wildman–Crippen LogP) is -8.39. The summed E-state index contributed by atoms with van der Waals surface area (Å²) in [6, 6.07) is 0. The molecule has 22 nitrogen and oxygen atoms in total. The fourth-order valence-electron chi connectivity index (χ4n) is 5.06. The van der Waals surface area contributed by atoms with Gasteiger partial charge in [0.05, 0.1) is 39.6 Å². The van der Waals surface area contributed by atoms with Crippen molar-refractivity contribution in [3.05, 3.63) is 0 Å². The third-order valence-corrected chi connectivity index (χ3v) is 8.02. The average Bonchev–Trinajstić information content (AvgIpc) is 3.05. The van der Waals surface area contributed by atoms with Crippen molar-refractivity contribution < 1.29 is 109 Å². The van der Waals surface area contributed by atoms with Gasteiger partial charge in [0.25, 0.3) is 0 Å². The van der Waals surface area contributed by atoms with Gasteiger partial charge in [-0.1, -0.05) is 0 Å². The maximum absolute atomic E-state index is 10.8. The first kappa shape index (κ1) is 38.5. The van der Waals surface area contributed by atoms with Crippen LogP contribution >= 0.6 is 0 Å². The quantitative estimate of drug-likeness (QED) is 0.0629. The van der Waals surface area contributed by atoms with Crippen molar-refractivity contribution in [1.82, 2.24) is 0 Å². The highest BCUT2D eigenvalue weighted by Gasteiger charge is 2.49. The maximum atomic E-state index is 10.8. The van der Waals surface area contributed by atoms with E-state index in [1.165, 1.54) is 0 Å². The third-order valence-electron chi connectivity index (χ3n) is 8.02. The first-order valence-electron chi connectivity index (χ1n) is 14.6. The van der Waals surface area contributed by atoms with Crippen LogP contribution in [0.5, 0.6) is 0 Å². The van der Waals surface area contributed by atoms with Crippen LogP contribution < -0.4 is 0 Å². The van der Waals surface area contributed by atoms with Crippen LogP contribution in [0, 0.1) is 0 Å². The van der Waals surface area contributed by atoms with Crippen LogP contribution in [0.1, 0.15) is 0 Å². The van der Waals surface area contributed by atoms with Gasteiger partial charge >= 0.3 is 5.97 Å². The van der Waals surface area contributed by atoms with E-state index in [2.05, 4.69) is 0 Å². The zero-order chi connectivity index (χ0) is 34.6. The Morgan fingerprint density at radius 1 is 0.617 bits per heavy atom. The van der Waals surface area contributed by atoms with Crippen LogP contribution in [0.2, 0.25) is 0 Å². The lowest BCUT2D eigenvalue weighted by molar-refractivity contribution is -0.410. The number of carbonyl (C=O) groups is 1. The Labute approximate surface area is 265 Å². The first-order chi connectivity index (χ1) is 22.2. The van der Waals surface area contributed by atoms with E-state index in [0.717, 1.165) is 0 Å². The number of hydrogen-bond acceptors (Lipinski definition) is 21. The fourth-order valence-corrected chi connectivity index (χ4v) is 5.06. The molecule has 12 N–H and O–H groups in total. The molecule has 0 aromatic carbocycles. The van der Waals surface area contributed by atoms with Gasteiger partial charge in [-0.2, -0.15) is 0 Å². The zero-order valence-corrected chi connectivity index (χ0v) is 24.6. The van der Waals surface area contributed by atoms with Crippen LogP contribution in [-0.2, 0) is 47.7 Å². The summed E-state index contributed by atoms with van der Waals surface area (Å²) in [6.07, 6.45) is -29.0. The number of carboxylic acids is 1. The van der Waals surface area contributed by atoms with Crippen LogP contribution in [0.25, 0.3) is 0 Å². The van der Waals surface area contributed by atoms with E-state index >= 15 is 0 Å². The Morgan fingerprint density at radius 3 is 1.49 bits per heavy atom. The summed E-state index contributed by atoms with van der Waals surface area (Å²) in [5.41, 5.74) is 0. The second-order valence-corrected chi connectivity index (χ2v) is 11.4. The summed E-state index contributed by atoms with van der Waals surface area (Å²) < 4.78 is 37.7. The van der Waals surface area contributed by atoms with Gasteiger partial charge in [-0.3, -0.25) is 0 Å². The number of aliphatic carboxylic acids is 1. The molecule has 0 amide bonds. The summed E-state index contributed by atoms with van der Waals surface area (Å²) in [7, 11) is 0. The van der Waals surface area contributed by atoms with Gasteiger partial charge in [0.2, 0.25) is 0 Å². The molecule has 4 heterocycles. The zero-order valence-electron chi connectivity index (χ0n) is 24.6. The molecule has 0 bridgehead atoms. The number of aliphatic hydroxyl groups is 11. The van der Waals surface area contributed by atoms with E-state index in [4.69, 9.17) is 48.0 Å². The van der Waals surface area contributed by atoms with Crippen molar-refractivity contribution >= 4 is 5.97 Å². The number of carboxylic acid groups (broad SMARTS) is 1. The highest BCUT2D eigenvalue weighted by molar-refractivity contribution is 5.72. The van der Waals surface area contributed by atoms with Gasteiger partial charge in [-0.15, -0.1) is 0 Å². The second-order valence-electron chi connectivity index (χ2n) is 11.4. The van der Waals surface area contributed by atoms with Gasteiger partial charge in [0.1, 0.15) is 85.5 Å². The van der Waals surface area contributed by atoms with Crippen molar-refractivity contribution in [3.63, 3.8) is 0 Å². The Kier molecular flexibility index (Phi) is 14.0. The Morgan fingerprint density at radius 2 is 1.04 bits per heavy atom. The SMILES string of the molecule is O=C(O)C(O)C(O)[C@@H](CO)OO[C@@H]1CO[C@H](O[C@@H]2CO[C@H](O[C@@H]3CO[C@H](O[C@@H]4COC[C@H](O)C4O)[C@H](O)C3O)[C@H](O)C2O)[C@H](O)C1O. The smallest absolute Gasteiger partial charge is 0.335 e. The van der Waals surface area contributed by atoms with Gasteiger partial charge in [0, 0.05) is 0 Å². The van der Waals surface area contributed by atoms with E-state index in [1.54, 1.807) is 0 Å². The standard InChI is InChI=1S/C25H42O22/c26-1-8(14(29)18(33)22(37)38)46-47-12-6-42-25(21(36)17(12)32)45-11-5-41-24(20(35)16(11)31)44-10-4-40-23(19(34)15(10)30)43-9-3-39-2-7(27)13(9)28/h7-21,23-36H,1-6H2,(H,37,38)/t7-,8+,9+,10+,11+,12+,13?,14?,15?,16?,17?,18?,19+,20+,21+,23+,24+,25+/m0/s1. The maximum Gasteiger partial charge on any atom is 0.335 e. The van der Waals surface area contributed by atoms with Crippen LogP contribution in [0.4, 0.5) is 0 Å². The van der Waals surface area contributed by atoms with E-state index in [-0.39, 0.29) is 19.8 Å². The molecule has 6 unspecified atom stereocenters. The minimum absolute atomic E-state index is 0.104. The molecule has 0 aliphatic carbocycles. The fraction of sp³-hybridized carbons (Fsp3) is 0.960. The Bertz CT molecular complexity index is 977. The highest BCUT2D eigenvalue weighted by atomic mass is 17.2. The molecule has 22 heteroatoms.